The molecule has 0 saturated heterocycles. The van der Waals surface area contributed by atoms with Crippen molar-refractivity contribution in [2.45, 2.75) is 63.4 Å². The lowest BCUT2D eigenvalue weighted by Gasteiger charge is -2.21. The minimum Gasteiger partial charge on any atom is -0.341 e. The van der Waals surface area contributed by atoms with E-state index in [0.717, 1.165) is 19.3 Å². The van der Waals surface area contributed by atoms with E-state index in [2.05, 4.69) is 29.5 Å². The second-order valence-corrected chi connectivity index (χ2v) is 8.90. The summed E-state index contributed by atoms with van der Waals surface area (Å²) in [5, 5.41) is 5.10. The maximum absolute atomic E-state index is 13.2. The van der Waals surface area contributed by atoms with Crippen LogP contribution in [0.5, 0.6) is 0 Å². The summed E-state index contributed by atoms with van der Waals surface area (Å²) in [6.07, 6.45) is 2.95. The van der Waals surface area contributed by atoms with Gasteiger partial charge in [-0.3, -0.25) is 19.5 Å². The number of hydrogen-bond acceptors (Lipinski definition) is 5. The molecule has 0 radical (unpaired) electrons. The van der Waals surface area contributed by atoms with Gasteiger partial charge in [-0.2, -0.15) is 0 Å². The summed E-state index contributed by atoms with van der Waals surface area (Å²) in [4.78, 5) is 41.6. The number of carbonyl (C=O) groups excluding carboxylic acids is 2. The van der Waals surface area contributed by atoms with E-state index in [9.17, 15) is 14.4 Å². The highest BCUT2D eigenvalue weighted by atomic mass is 32.2. The zero-order valence-corrected chi connectivity index (χ0v) is 18.5. The summed E-state index contributed by atoms with van der Waals surface area (Å²) in [6.45, 7) is 8.07. The predicted octanol–water partition coefficient (Wildman–Crippen LogP) is 3.72. The van der Waals surface area contributed by atoms with Gasteiger partial charge in [-0.1, -0.05) is 50.6 Å². The second-order valence-electron chi connectivity index (χ2n) is 7.59. The summed E-state index contributed by atoms with van der Waals surface area (Å²) in [6, 6.07) is 6.62. The number of rotatable bonds is 8. The van der Waals surface area contributed by atoms with Crippen molar-refractivity contribution in [2.75, 3.05) is 7.05 Å². The van der Waals surface area contributed by atoms with Crippen LogP contribution in [0.25, 0.3) is 10.9 Å². The van der Waals surface area contributed by atoms with Gasteiger partial charge in [-0.05, 0) is 38.3 Å². The molecule has 0 spiro atoms. The average molecular weight is 419 g/mol. The number of nitrogens with zero attached hydrogens (tertiary/aromatic N) is 2. The number of urea groups is 1. The Morgan fingerprint density at radius 1 is 1.14 bits per heavy atom. The molecule has 0 aliphatic rings. The summed E-state index contributed by atoms with van der Waals surface area (Å²) < 4.78 is 1.69. The van der Waals surface area contributed by atoms with Crippen LogP contribution in [0.15, 0.2) is 34.2 Å². The van der Waals surface area contributed by atoms with E-state index < -0.39 is 17.2 Å². The largest absolute Gasteiger partial charge is 0.341 e. The number of amides is 3. The van der Waals surface area contributed by atoms with Crippen LogP contribution in [-0.2, 0) is 4.79 Å². The number of nitrogens with one attached hydrogen (secondary N) is 2. The number of para-hydroxylation sites is 1. The maximum atomic E-state index is 13.2. The van der Waals surface area contributed by atoms with Crippen LogP contribution in [0.2, 0.25) is 0 Å². The van der Waals surface area contributed by atoms with Gasteiger partial charge in [0, 0.05) is 13.1 Å². The van der Waals surface area contributed by atoms with Gasteiger partial charge in [0.05, 0.1) is 16.2 Å². The van der Waals surface area contributed by atoms with Crippen LogP contribution >= 0.6 is 11.8 Å². The van der Waals surface area contributed by atoms with E-state index in [-0.39, 0.29) is 11.6 Å². The third kappa shape index (κ3) is 6.06. The molecule has 2 aromatic rings. The maximum Gasteiger partial charge on any atom is 0.321 e. The van der Waals surface area contributed by atoms with Gasteiger partial charge in [0.1, 0.15) is 0 Å². The molecule has 1 aromatic heterocycles. The van der Waals surface area contributed by atoms with Crippen molar-refractivity contribution >= 4 is 34.6 Å². The number of hydrogen-bond donors (Lipinski definition) is 2. The fourth-order valence-electron chi connectivity index (χ4n) is 3.04. The first-order valence-electron chi connectivity index (χ1n) is 9.95. The smallest absolute Gasteiger partial charge is 0.321 e. The fourth-order valence-corrected chi connectivity index (χ4v) is 4.05. The Labute approximate surface area is 175 Å². The fraction of sp³-hybridized carbons (Fsp3) is 0.524. The SMILES string of the molecule is CNC(=O)NC(=O)[C@@H](C)Sc1nc2ccccc2c(=O)n1[C@H](C)CCCC(C)C. The molecule has 1 aromatic carbocycles. The highest BCUT2D eigenvalue weighted by Gasteiger charge is 2.22. The number of carbonyl (C=O) groups is 2. The van der Waals surface area contributed by atoms with E-state index in [1.807, 2.05) is 19.1 Å². The van der Waals surface area contributed by atoms with Crippen LogP contribution in [-0.4, -0.2) is 33.8 Å². The van der Waals surface area contributed by atoms with Crippen LogP contribution in [0.1, 0.15) is 53.0 Å². The summed E-state index contributed by atoms with van der Waals surface area (Å²) in [5.41, 5.74) is 0.499. The Morgan fingerprint density at radius 2 is 1.83 bits per heavy atom. The molecule has 2 N–H and O–H groups in total. The Bertz CT molecular complexity index is 926. The molecule has 8 heteroatoms. The number of thioether (sulfide) groups is 1. The Kier molecular flexibility index (Phi) is 8.25. The molecule has 0 aliphatic heterocycles. The first-order valence-corrected chi connectivity index (χ1v) is 10.8. The van der Waals surface area contributed by atoms with E-state index in [1.165, 1.54) is 18.8 Å². The third-order valence-electron chi connectivity index (χ3n) is 4.73. The molecule has 2 atom stereocenters. The lowest BCUT2D eigenvalue weighted by molar-refractivity contribution is -0.119. The van der Waals surface area contributed by atoms with Gasteiger partial charge < -0.3 is 5.32 Å². The van der Waals surface area contributed by atoms with Crippen molar-refractivity contribution < 1.29 is 9.59 Å². The molecule has 0 fully saturated rings. The highest BCUT2D eigenvalue weighted by Crippen LogP contribution is 2.27. The van der Waals surface area contributed by atoms with E-state index in [0.29, 0.717) is 22.0 Å². The molecule has 0 bridgehead atoms. The van der Waals surface area contributed by atoms with Gasteiger partial charge in [0.2, 0.25) is 5.91 Å². The molecule has 158 valence electrons. The van der Waals surface area contributed by atoms with E-state index >= 15 is 0 Å². The minimum absolute atomic E-state index is 0.0462. The highest BCUT2D eigenvalue weighted by molar-refractivity contribution is 8.00. The van der Waals surface area contributed by atoms with Crippen molar-refractivity contribution in [1.82, 2.24) is 20.2 Å². The first kappa shape index (κ1) is 22.9. The molecule has 7 nitrogen and oxygen atoms in total. The number of aromatic nitrogens is 2. The predicted molar refractivity (Wildman–Crippen MR) is 117 cm³/mol. The molecule has 2 rings (SSSR count). The number of imide groups is 1. The normalized spacial score (nSPS) is 13.3. The summed E-state index contributed by atoms with van der Waals surface area (Å²) >= 11 is 1.19. The van der Waals surface area contributed by atoms with Crippen molar-refractivity contribution in [3.05, 3.63) is 34.6 Å². The average Bonchev–Trinajstić information content (AvgIpc) is 2.67. The van der Waals surface area contributed by atoms with Gasteiger partial charge in [0.25, 0.3) is 5.56 Å². The van der Waals surface area contributed by atoms with Gasteiger partial charge in [-0.25, -0.2) is 9.78 Å². The van der Waals surface area contributed by atoms with E-state index in [4.69, 9.17) is 0 Å². The quantitative estimate of drug-likeness (QED) is 0.503. The van der Waals surface area contributed by atoms with Crippen LogP contribution in [0, 0.1) is 5.92 Å². The molecular weight excluding hydrogens is 388 g/mol. The first-order chi connectivity index (χ1) is 13.7. The third-order valence-corrected chi connectivity index (χ3v) is 5.80. The van der Waals surface area contributed by atoms with E-state index in [1.54, 1.807) is 23.6 Å². The standard InChI is InChI=1S/C21H30N4O3S/c1-13(2)9-8-10-14(3)25-19(27)16-11-6-7-12-17(16)23-21(25)29-15(4)18(26)24-20(28)22-5/h6-7,11-15H,8-10H2,1-5H3,(H2,22,24,26,28)/t14-,15-/m1/s1. The van der Waals surface area contributed by atoms with Crippen LogP contribution < -0.4 is 16.2 Å². The Balaban J connectivity index is 2.37. The lowest BCUT2D eigenvalue weighted by Crippen LogP contribution is -2.41. The minimum atomic E-state index is -0.588. The summed E-state index contributed by atoms with van der Waals surface area (Å²) in [5.74, 6) is 0.173. The Hall–Kier alpha value is -2.35. The van der Waals surface area contributed by atoms with Crippen LogP contribution in [0.3, 0.4) is 0 Å². The second kappa shape index (κ2) is 10.4. The van der Waals surface area contributed by atoms with Crippen molar-refractivity contribution in [3.8, 4) is 0 Å². The van der Waals surface area contributed by atoms with Crippen molar-refractivity contribution in [3.63, 3.8) is 0 Å². The molecule has 29 heavy (non-hydrogen) atoms. The molecule has 0 aliphatic carbocycles. The molecule has 3 amide bonds. The molecule has 1 heterocycles. The Morgan fingerprint density at radius 3 is 2.48 bits per heavy atom. The number of benzene rings is 1. The van der Waals surface area contributed by atoms with Gasteiger partial charge in [-0.15, -0.1) is 0 Å². The molecule has 0 unspecified atom stereocenters. The zero-order chi connectivity index (χ0) is 21.6. The summed E-state index contributed by atoms with van der Waals surface area (Å²) in [7, 11) is 1.45. The molecular formula is C21H30N4O3S. The topological polar surface area (TPSA) is 93.1 Å². The van der Waals surface area contributed by atoms with Crippen LogP contribution in [0.4, 0.5) is 4.79 Å². The van der Waals surface area contributed by atoms with Crippen molar-refractivity contribution in [2.24, 2.45) is 5.92 Å². The van der Waals surface area contributed by atoms with Gasteiger partial charge in [0.15, 0.2) is 5.16 Å². The van der Waals surface area contributed by atoms with Gasteiger partial charge >= 0.3 is 6.03 Å². The zero-order valence-electron chi connectivity index (χ0n) is 17.7. The molecule has 0 saturated carbocycles. The van der Waals surface area contributed by atoms with Crippen molar-refractivity contribution in [1.29, 1.82) is 0 Å². The monoisotopic (exact) mass is 418 g/mol. The lowest BCUT2D eigenvalue weighted by atomic mass is 10.0. The number of fused-ring (bicyclic) bond motifs is 1.